The van der Waals surface area contributed by atoms with Gasteiger partial charge in [0.15, 0.2) is 5.84 Å². The van der Waals surface area contributed by atoms with Crippen molar-refractivity contribution in [3.63, 3.8) is 0 Å². The smallest absolute Gasteiger partial charge is 0.154 e. The van der Waals surface area contributed by atoms with Gasteiger partial charge < -0.3 is 14.3 Å². The molecule has 0 radical (unpaired) electrons. The first kappa shape index (κ1) is 29.5. The fourth-order valence-electron chi connectivity index (χ4n) is 6.50. The van der Waals surface area contributed by atoms with Crippen LogP contribution >= 0.6 is 0 Å². The summed E-state index contributed by atoms with van der Waals surface area (Å²) < 4.78 is 8.45. The molecule has 2 N–H and O–H groups in total. The molecule has 5 heteroatoms. The van der Waals surface area contributed by atoms with Crippen LogP contribution in [-0.2, 0) is 0 Å². The molecule has 0 aliphatic rings. The van der Waals surface area contributed by atoms with Gasteiger partial charge >= 0.3 is 0 Å². The molecule has 5 nitrogen and oxygen atoms in total. The minimum absolute atomic E-state index is 0.184. The zero-order valence-electron chi connectivity index (χ0n) is 27.1. The zero-order valence-corrected chi connectivity index (χ0v) is 27.1. The molecule has 0 spiro atoms. The van der Waals surface area contributed by atoms with E-state index in [9.17, 15) is 0 Å². The van der Waals surface area contributed by atoms with E-state index in [1.165, 1.54) is 21.9 Å². The van der Waals surface area contributed by atoms with E-state index in [1.807, 2.05) is 36.4 Å². The van der Waals surface area contributed by atoms with E-state index < -0.39 is 0 Å². The fraction of sp³-hybridized carbons (Fsp3) is 0.116. The van der Waals surface area contributed by atoms with E-state index >= 15 is 0 Å². The Hall–Kier alpha value is -5.94. The molecule has 0 bridgehead atoms. The van der Waals surface area contributed by atoms with Crippen LogP contribution in [0.2, 0.25) is 0 Å². The second-order valence-corrected chi connectivity index (χ2v) is 12.5. The Morgan fingerprint density at radius 1 is 0.667 bits per heavy atom. The van der Waals surface area contributed by atoms with Crippen LogP contribution in [0.25, 0.3) is 60.6 Å². The summed E-state index contributed by atoms with van der Waals surface area (Å²) in [5.74, 6) is 1.33. The molecular weight excluding hydrogens is 589 g/mol. The number of rotatable bonds is 7. The van der Waals surface area contributed by atoms with Crippen LogP contribution < -0.4 is 5.32 Å². The minimum Gasteiger partial charge on any atom is -0.456 e. The van der Waals surface area contributed by atoms with Gasteiger partial charge in [-0.2, -0.15) is 0 Å². The Labute approximate surface area is 279 Å². The third-order valence-electron chi connectivity index (χ3n) is 9.37. The lowest BCUT2D eigenvalue weighted by molar-refractivity contribution is 0.549. The first-order valence-corrected chi connectivity index (χ1v) is 16.6. The predicted octanol–water partition coefficient (Wildman–Crippen LogP) is 10.8. The number of fused-ring (bicyclic) bond motifs is 6. The number of nitrogens with zero attached hydrogens (tertiary/aromatic N) is 2. The van der Waals surface area contributed by atoms with Gasteiger partial charge in [-0.15, -0.1) is 0 Å². The molecule has 8 rings (SSSR count). The molecule has 8 aromatic rings. The lowest BCUT2D eigenvalue weighted by atomic mass is 10.0. The van der Waals surface area contributed by atoms with Gasteiger partial charge in [0, 0.05) is 44.9 Å². The van der Waals surface area contributed by atoms with Crippen molar-refractivity contribution in [3.8, 4) is 16.8 Å². The highest BCUT2D eigenvalue weighted by atomic mass is 16.3. The van der Waals surface area contributed by atoms with Crippen LogP contribution in [0.15, 0.2) is 149 Å². The maximum absolute atomic E-state index is 9.00. The van der Waals surface area contributed by atoms with Gasteiger partial charge in [0.2, 0.25) is 0 Å². The second-order valence-electron chi connectivity index (χ2n) is 12.5. The van der Waals surface area contributed by atoms with Crippen molar-refractivity contribution in [3.05, 3.63) is 151 Å². The summed E-state index contributed by atoms with van der Waals surface area (Å²) in [6.45, 7) is 5.18. The second kappa shape index (κ2) is 12.3. The van der Waals surface area contributed by atoms with Gasteiger partial charge in [-0.1, -0.05) is 105 Å². The number of furan rings is 1. The van der Waals surface area contributed by atoms with Crippen LogP contribution in [0, 0.1) is 11.3 Å². The van der Waals surface area contributed by atoms with Crippen molar-refractivity contribution in [2.45, 2.75) is 20.3 Å². The molecule has 0 saturated carbocycles. The van der Waals surface area contributed by atoms with E-state index in [-0.39, 0.29) is 5.84 Å². The normalized spacial score (nSPS) is 12.7. The number of amidine groups is 2. The van der Waals surface area contributed by atoms with Crippen molar-refractivity contribution < 1.29 is 4.42 Å². The summed E-state index contributed by atoms with van der Waals surface area (Å²) >= 11 is 0. The zero-order chi connectivity index (χ0) is 32.6. The Balaban J connectivity index is 1.18. The molecule has 0 saturated heterocycles. The van der Waals surface area contributed by atoms with Crippen LogP contribution in [-0.4, -0.2) is 22.8 Å². The van der Waals surface area contributed by atoms with Crippen molar-refractivity contribution in [1.82, 2.24) is 9.88 Å². The number of benzene rings is 6. The van der Waals surface area contributed by atoms with E-state index in [0.717, 1.165) is 57.2 Å². The molecule has 6 aromatic carbocycles. The number of nitrogens with one attached hydrogen (secondary N) is 2. The van der Waals surface area contributed by atoms with Gasteiger partial charge in [-0.25, -0.2) is 4.99 Å². The Kier molecular flexibility index (Phi) is 7.58. The van der Waals surface area contributed by atoms with E-state index in [2.05, 4.69) is 127 Å². The average molecular weight is 625 g/mol. The van der Waals surface area contributed by atoms with Crippen LogP contribution in [0.5, 0.6) is 0 Å². The molecule has 0 amide bonds. The van der Waals surface area contributed by atoms with Gasteiger partial charge in [0.25, 0.3) is 0 Å². The predicted molar refractivity (Wildman–Crippen MR) is 201 cm³/mol. The van der Waals surface area contributed by atoms with E-state index in [0.29, 0.717) is 17.3 Å². The molecule has 0 fully saturated rings. The van der Waals surface area contributed by atoms with E-state index in [1.54, 1.807) is 0 Å². The average Bonchev–Trinajstić information content (AvgIpc) is 3.68. The van der Waals surface area contributed by atoms with Crippen LogP contribution in [0.4, 0.5) is 0 Å². The fourth-order valence-corrected chi connectivity index (χ4v) is 6.50. The van der Waals surface area contributed by atoms with Gasteiger partial charge in [-0.3, -0.25) is 5.41 Å². The summed E-state index contributed by atoms with van der Waals surface area (Å²) in [4.78, 5) is 4.86. The number of hydrogen-bond donors (Lipinski definition) is 2. The molecule has 1 unspecified atom stereocenters. The minimum atomic E-state index is 0.184. The van der Waals surface area contributed by atoms with Crippen molar-refractivity contribution >= 4 is 55.4 Å². The van der Waals surface area contributed by atoms with Gasteiger partial charge in [0.1, 0.15) is 17.0 Å². The van der Waals surface area contributed by atoms with Gasteiger partial charge in [-0.05, 0) is 71.6 Å². The summed E-state index contributed by atoms with van der Waals surface area (Å²) in [6.07, 6.45) is 1.05. The summed E-state index contributed by atoms with van der Waals surface area (Å²) in [5.41, 5.74) is 9.02. The highest BCUT2D eigenvalue weighted by molar-refractivity contribution is 6.13. The first-order chi connectivity index (χ1) is 23.6. The third kappa shape index (κ3) is 5.33. The molecule has 48 heavy (non-hydrogen) atoms. The Morgan fingerprint density at radius 2 is 1.33 bits per heavy atom. The number of aromatic nitrogens is 1. The van der Waals surface area contributed by atoms with E-state index in [4.69, 9.17) is 14.8 Å². The van der Waals surface area contributed by atoms with Crippen LogP contribution in [0.3, 0.4) is 0 Å². The maximum atomic E-state index is 9.00. The summed E-state index contributed by atoms with van der Waals surface area (Å²) in [5, 5.41) is 17.1. The molecule has 2 heterocycles. The summed E-state index contributed by atoms with van der Waals surface area (Å²) in [6, 6.07) is 48.3. The topological polar surface area (TPSA) is 66.3 Å². The molecular formula is C43H36N4O. The highest BCUT2D eigenvalue weighted by Crippen LogP contribution is 2.35. The van der Waals surface area contributed by atoms with Crippen molar-refractivity contribution in [1.29, 1.82) is 5.41 Å². The van der Waals surface area contributed by atoms with Gasteiger partial charge in [0.05, 0.1) is 11.0 Å². The first-order valence-electron chi connectivity index (χ1n) is 16.6. The lowest BCUT2D eigenvalue weighted by Gasteiger charge is -2.15. The quantitative estimate of drug-likeness (QED) is 0.137. The Morgan fingerprint density at radius 3 is 2.15 bits per heavy atom. The summed E-state index contributed by atoms with van der Waals surface area (Å²) in [7, 11) is 0. The molecule has 0 aliphatic carbocycles. The standard InChI is InChI=1S/C43H36N4O/c1-3-28(2)27-45-43(46-42(44)32-20-24-37-36-14-8-10-16-40(36)48-41(37)26-32)30-17-21-33(22-18-30)47-38-15-9-7-13-34(38)35-23-19-31(25-39(35)47)29-11-5-4-6-12-29/h4-26,28H,3,27H2,1-2H3,(H2,44,45,46). The molecule has 234 valence electrons. The number of aliphatic imine (C=N–C) groups is 1. The Bertz CT molecular complexity index is 2470. The number of para-hydroxylation sites is 2. The largest absolute Gasteiger partial charge is 0.456 e. The monoisotopic (exact) mass is 624 g/mol. The van der Waals surface area contributed by atoms with Crippen molar-refractivity contribution in [2.24, 2.45) is 10.9 Å². The SMILES string of the molecule is CCC(C)CN/C(=N\C(=N)c1ccc2c(c1)oc1ccccc12)c1ccc(-n2c3ccccc3c3ccc(-c4ccccc4)cc32)cc1. The van der Waals surface area contributed by atoms with Crippen molar-refractivity contribution in [2.75, 3.05) is 6.54 Å². The molecule has 0 aliphatic heterocycles. The van der Waals surface area contributed by atoms with Crippen LogP contribution in [0.1, 0.15) is 31.4 Å². The maximum Gasteiger partial charge on any atom is 0.154 e. The third-order valence-corrected chi connectivity index (χ3v) is 9.37. The molecule has 1 atom stereocenters. The highest BCUT2D eigenvalue weighted by Gasteiger charge is 2.15. The molecule has 2 aromatic heterocycles. The lowest BCUT2D eigenvalue weighted by Crippen LogP contribution is -2.30. The number of hydrogen-bond acceptors (Lipinski definition) is 2.